The molecule has 0 N–H and O–H groups in total. The summed E-state index contributed by atoms with van der Waals surface area (Å²) in [7, 11) is 0. The molecule has 0 unspecified atom stereocenters. The van der Waals surface area contributed by atoms with Crippen LogP contribution in [0.1, 0.15) is 22.3 Å². The average molecular weight is 1230 g/mol. The Balaban J connectivity index is 0.635. The quantitative estimate of drug-likeness (QED) is 0.122. The van der Waals surface area contributed by atoms with E-state index in [1.165, 1.54) is 94.6 Å². The van der Waals surface area contributed by atoms with Crippen LogP contribution >= 0.6 is 0 Å². The number of aromatic nitrogens is 3. The number of hydrogen-bond donors (Lipinski definition) is 0. The van der Waals surface area contributed by atoms with Gasteiger partial charge in [-0.3, -0.25) is 0 Å². The van der Waals surface area contributed by atoms with Gasteiger partial charge in [0.15, 0.2) is 17.5 Å². The van der Waals surface area contributed by atoms with Crippen molar-refractivity contribution in [1.29, 1.82) is 0 Å². The van der Waals surface area contributed by atoms with Crippen LogP contribution in [0.5, 0.6) is 0 Å². The Morgan fingerprint density at radius 2 is 0.340 bits per heavy atom. The lowest BCUT2D eigenvalue weighted by atomic mass is 9.70. The minimum atomic E-state index is -0.390. The van der Waals surface area contributed by atoms with Gasteiger partial charge in [-0.05, 0) is 193 Å². The van der Waals surface area contributed by atoms with Gasteiger partial charge in [0.25, 0.3) is 0 Å². The van der Waals surface area contributed by atoms with Crippen molar-refractivity contribution in [2.45, 2.75) is 5.41 Å². The lowest BCUT2D eigenvalue weighted by Crippen LogP contribution is -2.25. The molecule has 16 aromatic rings. The Bertz CT molecular complexity index is 5630. The minimum absolute atomic E-state index is 0.390. The standard InChI is InChI=1S/C94H61N3/c1-3-20-62(21-4-1)68-24-13-26-70(54-68)64-44-48-66(49-45-64)91-95-92(97-93(96-91)82-37-19-36-80(60-82)73-29-14-25-69(55-73)63-22-5-2-6-23-63)67-50-46-65(47-51-67)71-27-15-28-72(56-71)74-30-16-31-75(57-74)76-32-17-33-77(58-76)78-34-18-35-79(59-78)81-52-53-86-85-40-9-12-43-89(85)94(90(86)61-81)87-41-10-7-38-83(87)84-39-8-11-42-88(84)94/h1-61H. The molecule has 97 heavy (non-hydrogen) atoms. The number of fused-ring (bicyclic) bond motifs is 10. The molecule has 3 nitrogen and oxygen atoms in total. The van der Waals surface area contributed by atoms with Crippen molar-refractivity contribution in [2.75, 3.05) is 0 Å². The molecule has 452 valence electrons. The van der Waals surface area contributed by atoms with Crippen molar-refractivity contribution in [1.82, 2.24) is 15.0 Å². The molecule has 1 aromatic heterocycles. The van der Waals surface area contributed by atoms with Crippen LogP contribution in [0.4, 0.5) is 0 Å². The van der Waals surface area contributed by atoms with Crippen molar-refractivity contribution in [2.24, 2.45) is 0 Å². The average Bonchev–Trinajstić information content (AvgIpc) is 1.51. The monoisotopic (exact) mass is 1230 g/mol. The van der Waals surface area contributed by atoms with Crippen LogP contribution in [0, 0.1) is 0 Å². The highest BCUT2D eigenvalue weighted by Gasteiger charge is 2.51. The van der Waals surface area contributed by atoms with Crippen LogP contribution < -0.4 is 0 Å². The van der Waals surface area contributed by atoms with Gasteiger partial charge < -0.3 is 0 Å². The third kappa shape index (κ3) is 10.3. The smallest absolute Gasteiger partial charge is 0.164 e. The predicted octanol–water partition coefficient (Wildman–Crippen LogP) is 24.2. The highest BCUT2D eigenvalue weighted by molar-refractivity contribution is 5.96. The largest absolute Gasteiger partial charge is 0.208 e. The summed E-state index contributed by atoms with van der Waals surface area (Å²) >= 11 is 0. The Morgan fingerprint density at radius 1 is 0.134 bits per heavy atom. The van der Waals surface area contributed by atoms with E-state index in [4.69, 9.17) is 15.0 Å². The zero-order chi connectivity index (χ0) is 64.2. The predicted molar refractivity (Wildman–Crippen MR) is 401 cm³/mol. The molecule has 1 spiro atoms. The fourth-order valence-corrected chi connectivity index (χ4v) is 15.0. The number of nitrogens with zero attached hydrogens (tertiary/aromatic N) is 3. The van der Waals surface area contributed by atoms with Crippen molar-refractivity contribution < 1.29 is 0 Å². The first-order chi connectivity index (χ1) is 48.0. The van der Waals surface area contributed by atoms with E-state index in [-0.39, 0.29) is 5.41 Å². The molecule has 0 radical (unpaired) electrons. The van der Waals surface area contributed by atoms with Gasteiger partial charge in [-0.25, -0.2) is 15.0 Å². The van der Waals surface area contributed by atoms with Gasteiger partial charge in [0.1, 0.15) is 0 Å². The first-order valence-corrected chi connectivity index (χ1v) is 33.3. The van der Waals surface area contributed by atoms with Crippen LogP contribution in [0.3, 0.4) is 0 Å². The van der Waals surface area contributed by atoms with Gasteiger partial charge in [0.05, 0.1) is 5.41 Å². The van der Waals surface area contributed by atoms with Crippen LogP contribution in [0.15, 0.2) is 370 Å². The fraction of sp³-hybridized carbons (Fsp3) is 0.0106. The Labute approximate surface area is 565 Å². The van der Waals surface area contributed by atoms with E-state index in [9.17, 15) is 0 Å². The molecule has 18 rings (SSSR count). The molecule has 0 amide bonds. The second-order valence-corrected chi connectivity index (χ2v) is 25.4. The minimum Gasteiger partial charge on any atom is -0.208 e. The van der Waals surface area contributed by atoms with E-state index < -0.39 is 0 Å². The summed E-state index contributed by atoms with van der Waals surface area (Å²) in [5.74, 6) is 1.82. The lowest BCUT2D eigenvalue weighted by Gasteiger charge is -2.30. The first-order valence-electron chi connectivity index (χ1n) is 33.3. The Morgan fingerprint density at radius 3 is 0.670 bits per heavy atom. The number of benzene rings is 15. The zero-order valence-electron chi connectivity index (χ0n) is 53.1. The summed E-state index contributed by atoms with van der Waals surface area (Å²) in [5, 5.41) is 0. The van der Waals surface area contributed by atoms with Gasteiger partial charge in [-0.2, -0.15) is 0 Å². The molecule has 0 fully saturated rings. The van der Waals surface area contributed by atoms with Gasteiger partial charge >= 0.3 is 0 Å². The van der Waals surface area contributed by atoms with Crippen LogP contribution in [0.2, 0.25) is 0 Å². The molecule has 0 atom stereocenters. The highest BCUT2D eigenvalue weighted by Crippen LogP contribution is 2.63. The molecule has 2 aliphatic carbocycles. The van der Waals surface area contributed by atoms with E-state index in [1.54, 1.807) is 0 Å². The van der Waals surface area contributed by atoms with Crippen molar-refractivity contribution >= 4 is 0 Å². The third-order valence-corrected chi connectivity index (χ3v) is 19.8. The molecule has 3 heteroatoms. The van der Waals surface area contributed by atoms with E-state index in [2.05, 4.69) is 370 Å². The van der Waals surface area contributed by atoms with Crippen molar-refractivity contribution in [3.63, 3.8) is 0 Å². The Kier molecular flexibility index (Phi) is 14.1. The van der Waals surface area contributed by atoms with Gasteiger partial charge in [-0.15, -0.1) is 0 Å². The molecule has 2 aliphatic rings. The van der Waals surface area contributed by atoms with Crippen molar-refractivity contribution in [3.05, 3.63) is 392 Å². The topological polar surface area (TPSA) is 38.7 Å². The first kappa shape index (κ1) is 57.0. The fourth-order valence-electron chi connectivity index (χ4n) is 15.0. The van der Waals surface area contributed by atoms with Crippen LogP contribution in [-0.2, 0) is 5.41 Å². The molecule has 1 heterocycles. The summed E-state index contributed by atoms with van der Waals surface area (Å²) in [5.41, 5.74) is 33.8. The van der Waals surface area contributed by atoms with Gasteiger partial charge in [0.2, 0.25) is 0 Å². The number of hydrogen-bond acceptors (Lipinski definition) is 3. The Hall–Kier alpha value is -12.7. The molecule has 15 aromatic carbocycles. The molecule has 0 bridgehead atoms. The van der Waals surface area contributed by atoms with E-state index in [0.717, 1.165) is 66.8 Å². The maximum Gasteiger partial charge on any atom is 0.164 e. The van der Waals surface area contributed by atoms with Crippen molar-refractivity contribution in [3.8, 4) is 157 Å². The normalized spacial score (nSPS) is 12.2. The van der Waals surface area contributed by atoms with Crippen LogP contribution in [-0.4, -0.2) is 15.0 Å². The lowest BCUT2D eigenvalue weighted by molar-refractivity contribution is 0.794. The molecular formula is C94H61N3. The van der Waals surface area contributed by atoms with E-state index in [1.807, 2.05) is 0 Å². The second kappa shape index (κ2) is 24.0. The highest BCUT2D eigenvalue weighted by atomic mass is 15.0. The summed E-state index contributed by atoms with van der Waals surface area (Å²) in [6.45, 7) is 0. The summed E-state index contributed by atoms with van der Waals surface area (Å²) < 4.78 is 0. The number of rotatable bonds is 12. The third-order valence-electron chi connectivity index (χ3n) is 19.8. The van der Waals surface area contributed by atoms with E-state index >= 15 is 0 Å². The zero-order valence-corrected chi connectivity index (χ0v) is 53.1. The van der Waals surface area contributed by atoms with Gasteiger partial charge in [0, 0.05) is 16.7 Å². The summed E-state index contributed by atoms with van der Waals surface area (Å²) in [6, 6.07) is 134. The van der Waals surface area contributed by atoms with E-state index in [0.29, 0.717) is 17.5 Å². The SMILES string of the molecule is c1ccc(-c2cccc(-c3ccc(-c4nc(-c5ccc(-c6cccc(-c7cccc(-c8cccc(-c9cccc(-c%10ccc%11c(c%10)C%10(c%12ccccc%12-c%12ccccc%12%10)c%10ccccc%10-%11)c9)c8)c7)c6)cc5)nc(-c5cccc(-c6cccc(-c7ccccc7)c6)c5)n4)cc3)c2)cc1. The van der Waals surface area contributed by atoms with Gasteiger partial charge in [-0.1, -0.05) is 322 Å². The molecule has 0 aliphatic heterocycles. The van der Waals surface area contributed by atoms with Crippen LogP contribution in [0.25, 0.3) is 157 Å². The summed E-state index contributed by atoms with van der Waals surface area (Å²) in [6.07, 6.45) is 0. The maximum atomic E-state index is 5.25. The maximum absolute atomic E-state index is 5.25. The molecule has 0 saturated carbocycles. The summed E-state index contributed by atoms with van der Waals surface area (Å²) in [4.78, 5) is 15.7. The molecule has 0 saturated heterocycles. The second-order valence-electron chi connectivity index (χ2n) is 25.4. The molecular weight excluding hydrogens is 1170 g/mol.